The molecule has 86 valence electrons. The number of amides is 1. The smallest absolute Gasteiger partial charge is 0.230 e. The highest BCUT2D eigenvalue weighted by molar-refractivity contribution is 14.1. The number of anilines is 1. The quantitative estimate of drug-likeness (QED) is 0.818. The fourth-order valence-corrected chi connectivity index (χ4v) is 2.59. The number of nitrogens with one attached hydrogen (secondary N) is 1. The van der Waals surface area contributed by atoms with E-state index in [9.17, 15) is 9.90 Å². The highest BCUT2D eigenvalue weighted by Gasteiger charge is 2.31. The molecule has 0 aliphatic heterocycles. The Hall–Kier alpha value is -0.620. The molecule has 2 N–H and O–H groups in total. The van der Waals surface area contributed by atoms with E-state index in [0.717, 1.165) is 28.5 Å². The third-order valence-corrected chi connectivity index (χ3v) is 3.58. The van der Waals surface area contributed by atoms with Gasteiger partial charge in [-0.15, -0.1) is 0 Å². The SMILES string of the molecule is O=C(Nc1cccc(I)c1)C1CCCC1O. The summed E-state index contributed by atoms with van der Waals surface area (Å²) in [5.41, 5.74) is 0.802. The van der Waals surface area contributed by atoms with Crippen LogP contribution in [-0.4, -0.2) is 17.1 Å². The van der Waals surface area contributed by atoms with Crippen molar-refractivity contribution >= 4 is 34.2 Å². The fourth-order valence-electron chi connectivity index (χ4n) is 2.05. The van der Waals surface area contributed by atoms with Gasteiger partial charge in [0.2, 0.25) is 5.91 Å². The van der Waals surface area contributed by atoms with E-state index in [1.807, 2.05) is 24.3 Å². The number of aliphatic hydroxyl groups excluding tert-OH is 1. The van der Waals surface area contributed by atoms with Crippen LogP contribution >= 0.6 is 22.6 Å². The Morgan fingerprint density at radius 2 is 2.25 bits per heavy atom. The van der Waals surface area contributed by atoms with E-state index in [0.29, 0.717) is 0 Å². The van der Waals surface area contributed by atoms with E-state index in [4.69, 9.17) is 0 Å². The third kappa shape index (κ3) is 2.74. The Bertz CT molecular complexity index is 394. The summed E-state index contributed by atoms with van der Waals surface area (Å²) in [6.45, 7) is 0. The van der Waals surface area contributed by atoms with Gasteiger partial charge in [0.05, 0.1) is 12.0 Å². The molecule has 0 bridgehead atoms. The molecule has 1 fully saturated rings. The van der Waals surface area contributed by atoms with Crippen LogP contribution in [0.25, 0.3) is 0 Å². The van der Waals surface area contributed by atoms with Crippen LogP contribution in [0.3, 0.4) is 0 Å². The van der Waals surface area contributed by atoms with Crippen molar-refractivity contribution in [3.05, 3.63) is 27.8 Å². The maximum absolute atomic E-state index is 11.9. The van der Waals surface area contributed by atoms with Crippen LogP contribution in [-0.2, 0) is 4.79 Å². The van der Waals surface area contributed by atoms with Crippen molar-refractivity contribution in [3.63, 3.8) is 0 Å². The minimum atomic E-state index is -0.470. The first-order valence-electron chi connectivity index (χ1n) is 5.41. The lowest BCUT2D eigenvalue weighted by Gasteiger charge is -2.14. The van der Waals surface area contributed by atoms with Gasteiger partial charge in [-0.25, -0.2) is 0 Å². The number of benzene rings is 1. The van der Waals surface area contributed by atoms with E-state index < -0.39 is 6.10 Å². The lowest BCUT2D eigenvalue weighted by molar-refractivity contribution is -0.122. The zero-order valence-electron chi connectivity index (χ0n) is 8.82. The van der Waals surface area contributed by atoms with Crippen LogP contribution in [0.15, 0.2) is 24.3 Å². The van der Waals surface area contributed by atoms with Gasteiger partial charge in [0.1, 0.15) is 0 Å². The lowest BCUT2D eigenvalue weighted by atomic mass is 10.1. The summed E-state index contributed by atoms with van der Waals surface area (Å²) in [7, 11) is 0. The third-order valence-electron chi connectivity index (χ3n) is 2.91. The molecular formula is C12H14INO2. The first-order chi connectivity index (χ1) is 7.66. The maximum Gasteiger partial charge on any atom is 0.230 e. The van der Waals surface area contributed by atoms with Gasteiger partial charge in [-0.1, -0.05) is 6.07 Å². The van der Waals surface area contributed by atoms with Crippen molar-refractivity contribution in [2.75, 3.05) is 5.32 Å². The number of carbonyl (C=O) groups excluding carboxylic acids is 1. The second kappa shape index (κ2) is 5.14. The lowest BCUT2D eigenvalue weighted by Crippen LogP contribution is -2.28. The van der Waals surface area contributed by atoms with E-state index in [1.165, 1.54) is 0 Å². The summed E-state index contributed by atoms with van der Waals surface area (Å²) in [5, 5.41) is 12.5. The topological polar surface area (TPSA) is 49.3 Å². The van der Waals surface area contributed by atoms with E-state index >= 15 is 0 Å². The van der Waals surface area contributed by atoms with Crippen molar-refractivity contribution in [1.82, 2.24) is 0 Å². The fraction of sp³-hybridized carbons (Fsp3) is 0.417. The molecule has 1 aromatic carbocycles. The van der Waals surface area contributed by atoms with Crippen molar-refractivity contribution in [2.45, 2.75) is 25.4 Å². The molecule has 0 heterocycles. The predicted molar refractivity (Wildman–Crippen MR) is 71.1 cm³/mol. The van der Waals surface area contributed by atoms with Gasteiger partial charge in [-0.3, -0.25) is 4.79 Å². The molecule has 1 amide bonds. The van der Waals surface area contributed by atoms with Gasteiger partial charge in [-0.05, 0) is 60.1 Å². The number of carbonyl (C=O) groups is 1. The summed E-state index contributed by atoms with van der Waals surface area (Å²) in [6, 6.07) is 7.66. The molecule has 1 saturated carbocycles. The summed E-state index contributed by atoms with van der Waals surface area (Å²) in [6.07, 6.45) is 2.00. The average molecular weight is 331 g/mol. The average Bonchev–Trinajstić information content (AvgIpc) is 2.64. The first kappa shape index (κ1) is 11.9. The summed E-state index contributed by atoms with van der Waals surface area (Å²) in [5.74, 6) is -0.301. The van der Waals surface area contributed by atoms with Gasteiger partial charge in [-0.2, -0.15) is 0 Å². The number of halogens is 1. The van der Waals surface area contributed by atoms with Crippen molar-refractivity contribution in [3.8, 4) is 0 Å². The number of hydrogen-bond acceptors (Lipinski definition) is 2. The minimum Gasteiger partial charge on any atom is -0.392 e. The largest absolute Gasteiger partial charge is 0.392 e. The van der Waals surface area contributed by atoms with Crippen LogP contribution in [0.5, 0.6) is 0 Å². The van der Waals surface area contributed by atoms with E-state index in [1.54, 1.807) is 0 Å². The van der Waals surface area contributed by atoms with Crippen LogP contribution in [0.4, 0.5) is 5.69 Å². The standard InChI is InChI=1S/C12H14INO2/c13-8-3-1-4-9(7-8)14-12(16)10-5-2-6-11(10)15/h1,3-4,7,10-11,15H,2,5-6H2,(H,14,16). The van der Waals surface area contributed by atoms with Gasteiger partial charge in [0.25, 0.3) is 0 Å². The molecule has 0 radical (unpaired) electrons. The molecule has 4 heteroatoms. The monoisotopic (exact) mass is 331 g/mol. The zero-order valence-corrected chi connectivity index (χ0v) is 11.0. The van der Waals surface area contributed by atoms with Gasteiger partial charge >= 0.3 is 0 Å². The molecule has 1 aromatic rings. The molecule has 2 rings (SSSR count). The highest BCUT2D eigenvalue weighted by Crippen LogP contribution is 2.26. The molecule has 0 aromatic heterocycles. The molecule has 1 aliphatic rings. The van der Waals surface area contributed by atoms with Crippen LogP contribution in [0.2, 0.25) is 0 Å². The Morgan fingerprint density at radius 3 is 2.88 bits per heavy atom. The molecule has 3 nitrogen and oxygen atoms in total. The molecule has 16 heavy (non-hydrogen) atoms. The molecular weight excluding hydrogens is 317 g/mol. The summed E-state index contributed by atoms with van der Waals surface area (Å²) in [4.78, 5) is 11.9. The van der Waals surface area contributed by atoms with E-state index in [-0.39, 0.29) is 11.8 Å². The Morgan fingerprint density at radius 1 is 1.44 bits per heavy atom. The van der Waals surface area contributed by atoms with Crippen LogP contribution in [0, 0.1) is 9.49 Å². The highest BCUT2D eigenvalue weighted by atomic mass is 127. The van der Waals surface area contributed by atoms with Gasteiger partial charge in [0.15, 0.2) is 0 Å². The minimum absolute atomic E-state index is 0.0630. The number of aliphatic hydroxyl groups is 1. The Balaban J connectivity index is 2.02. The molecule has 0 saturated heterocycles. The van der Waals surface area contributed by atoms with Crippen molar-refractivity contribution in [1.29, 1.82) is 0 Å². The first-order valence-corrected chi connectivity index (χ1v) is 6.49. The predicted octanol–water partition coefficient (Wildman–Crippen LogP) is 2.39. The van der Waals surface area contributed by atoms with Crippen LogP contribution < -0.4 is 5.32 Å². The van der Waals surface area contributed by atoms with E-state index in [2.05, 4.69) is 27.9 Å². The summed E-state index contributed by atoms with van der Waals surface area (Å²) >= 11 is 2.20. The molecule has 1 aliphatic carbocycles. The van der Waals surface area contributed by atoms with Gasteiger partial charge < -0.3 is 10.4 Å². The molecule has 0 spiro atoms. The second-order valence-corrected chi connectivity index (χ2v) is 5.35. The zero-order chi connectivity index (χ0) is 11.5. The van der Waals surface area contributed by atoms with Gasteiger partial charge in [0, 0.05) is 9.26 Å². The number of rotatable bonds is 2. The van der Waals surface area contributed by atoms with Crippen molar-refractivity contribution < 1.29 is 9.90 Å². The Kier molecular flexibility index (Phi) is 3.81. The normalized spacial score (nSPS) is 24.4. The van der Waals surface area contributed by atoms with Crippen LogP contribution in [0.1, 0.15) is 19.3 Å². The maximum atomic E-state index is 11.9. The second-order valence-electron chi connectivity index (χ2n) is 4.10. The number of hydrogen-bond donors (Lipinski definition) is 2. The molecule has 2 unspecified atom stereocenters. The van der Waals surface area contributed by atoms with Crippen molar-refractivity contribution in [2.24, 2.45) is 5.92 Å². The summed E-state index contributed by atoms with van der Waals surface area (Å²) < 4.78 is 1.09. The Labute approximate surface area is 108 Å². The molecule has 2 atom stereocenters.